The number of hydrogen-bond donors (Lipinski definition) is 0. The van der Waals surface area contributed by atoms with Gasteiger partial charge in [0.1, 0.15) is 5.69 Å². The SMILES string of the molecule is Cc1snnc1C(=O)N1CCC2(CCN(C(=O)c3cnccn3)CC2)CC1. The predicted octanol–water partition coefficient (Wildman–Crippen LogP) is 1.80. The van der Waals surface area contributed by atoms with Crippen LogP contribution >= 0.6 is 11.5 Å². The molecule has 0 N–H and O–H groups in total. The number of carbonyl (C=O) groups is 2. The predicted molar refractivity (Wildman–Crippen MR) is 99.4 cm³/mol. The molecular formula is C18H22N6O2S. The van der Waals surface area contributed by atoms with Gasteiger partial charge in [-0.3, -0.25) is 14.6 Å². The van der Waals surface area contributed by atoms with E-state index in [0.29, 0.717) is 11.4 Å². The van der Waals surface area contributed by atoms with Crippen LogP contribution in [0.5, 0.6) is 0 Å². The average molecular weight is 386 g/mol. The lowest BCUT2D eigenvalue weighted by Crippen LogP contribution is -2.49. The van der Waals surface area contributed by atoms with E-state index in [0.717, 1.165) is 56.7 Å². The van der Waals surface area contributed by atoms with Crippen molar-refractivity contribution in [1.29, 1.82) is 0 Å². The molecule has 4 rings (SSSR count). The van der Waals surface area contributed by atoms with Gasteiger partial charge in [-0.25, -0.2) is 4.98 Å². The number of likely N-dealkylation sites (tertiary alicyclic amines) is 2. The quantitative estimate of drug-likeness (QED) is 0.781. The zero-order valence-electron chi connectivity index (χ0n) is 15.3. The number of aromatic nitrogens is 4. The Balaban J connectivity index is 1.33. The molecule has 0 aromatic carbocycles. The van der Waals surface area contributed by atoms with Gasteiger partial charge in [-0.05, 0) is 49.6 Å². The first-order chi connectivity index (χ1) is 13.1. The molecule has 1 spiro atoms. The molecule has 0 unspecified atom stereocenters. The fraction of sp³-hybridized carbons (Fsp3) is 0.556. The summed E-state index contributed by atoms with van der Waals surface area (Å²) in [4.78, 5) is 37.9. The molecule has 2 saturated heterocycles. The van der Waals surface area contributed by atoms with E-state index in [9.17, 15) is 9.59 Å². The monoisotopic (exact) mass is 386 g/mol. The highest BCUT2D eigenvalue weighted by molar-refractivity contribution is 7.05. The van der Waals surface area contributed by atoms with Crippen molar-refractivity contribution < 1.29 is 9.59 Å². The Hall–Kier alpha value is -2.42. The number of amides is 2. The maximum absolute atomic E-state index is 12.6. The summed E-state index contributed by atoms with van der Waals surface area (Å²) < 4.78 is 3.87. The molecule has 2 fully saturated rings. The van der Waals surface area contributed by atoms with Crippen molar-refractivity contribution in [3.63, 3.8) is 0 Å². The lowest BCUT2D eigenvalue weighted by atomic mass is 9.71. The normalized spacial score (nSPS) is 19.3. The second-order valence-corrected chi connectivity index (χ2v) is 8.31. The lowest BCUT2D eigenvalue weighted by molar-refractivity contribution is 0.0276. The molecule has 4 heterocycles. The van der Waals surface area contributed by atoms with Gasteiger partial charge in [0.15, 0.2) is 5.69 Å². The molecule has 9 heteroatoms. The molecule has 2 aromatic rings. The van der Waals surface area contributed by atoms with Crippen LogP contribution in [0.25, 0.3) is 0 Å². The number of nitrogens with zero attached hydrogens (tertiary/aromatic N) is 6. The number of carbonyl (C=O) groups excluding carboxylic acids is 2. The van der Waals surface area contributed by atoms with Crippen LogP contribution in [0.2, 0.25) is 0 Å². The summed E-state index contributed by atoms with van der Waals surface area (Å²) in [6.07, 6.45) is 8.53. The molecule has 2 aliphatic heterocycles. The van der Waals surface area contributed by atoms with Crippen LogP contribution in [0, 0.1) is 12.3 Å². The second-order valence-electron chi connectivity index (χ2n) is 7.35. The minimum atomic E-state index is -0.0444. The number of rotatable bonds is 2. The minimum Gasteiger partial charge on any atom is -0.337 e. The molecule has 8 nitrogen and oxygen atoms in total. The van der Waals surface area contributed by atoms with Crippen LogP contribution in [0.15, 0.2) is 18.6 Å². The largest absolute Gasteiger partial charge is 0.337 e. The average Bonchev–Trinajstić information content (AvgIpc) is 3.15. The van der Waals surface area contributed by atoms with Crippen molar-refractivity contribution in [3.05, 3.63) is 34.9 Å². The fourth-order valence-corrected chi connectivity index (χ4v) is 4.48. The van der Waals surface area contributed by atoms with Gasteiger partial charge in [-0.1, -0.05) is 4.49 Å². The van der Waals surface area contributed by atoms with E-state index in [1.165, 1.54) is 17.7 Å². The Bertz CT molecular complexity index is 821. The third-order valence-electron chi connectivity index (χ3n) is 5.86. The molecule has 27 heavy (non-hydrogen) atoms. The molecule has 142 valence electrons. The van der Waals surface area contributed by atoms with Crippen molar-refractivity contribution >= 4 is 23.3 Å². The number of hydrogen-bond acceptors (Lipinski definition) is 7. The van der Waals surface area contributed by atoms with E-state index in [1.807, 2.05) is 16.7 Å². The third-order valence-corrected chi connectivity index (χ3v) is 6.49. The van der Waals surface area contributed by atoms with E-state index >= 15 is 0 Å². The van der Waals surface area contributed by atoms with E-state index in [4.69, 9.17) is 0 Å². The van der Waals surface area contributed by atoms with Gasteiger partial charge < -0.3 is 9.80 Å². The maximum atomic E-state index is 12.6. The maximum Gasteiger partial charge on any atom is 0.275 e. The Morgan fingerprint density at radius 3 is 2.15 bits per heavy atom. The van der Waals surface area contributed by atoms with Crippen molar-refractivity contribution in [3.8, 4) is 0 Å². The molecule has 0 radical (unpaired) electrons. The highest BCUT2D eigenvalue weighted by Gasteiger charge is 2.40. The van der Waals surface area contributed by atoms with Crippen LogP contribution in [0.3, 0.4) is 0 Å². The summed E-state index contributed by atoms with van der Waals surface area (Å²) in [6.45, 7) is 4.84. The molecule has 0 atom stereocenters. The van der Waals surface area contributed by atoms with Crippen LogP contribution in [-0.2, 0) is 0 Å². The highest BCUT2D eigenvalue weighted by atomic mass is 32.1. The van der Waals surface area contributed by atoms with Gasteiger partial charge in [-0.15, -0.1) is 5.10 Å². The smallest absolute Gasteiger partial charge is 0.275 e. The molecule has 2 aromatic heterocycles. The zero-order valence-corrected chi connectivity index (χ0v) is 16.1. The molecule has 0 bridgehead atoms. The first kappa shape index (κ1) is 18.0. The standard InChI is InChI=1S/C18H22N6O2S/c1-13-15(21-22-27-13)17(26)24-10-4-18(5-11-24)2-8-23(9-3-18)16(25)14-12-19-6-7-20-14/h6-7,12H,2-5,8-11H2,1H3. The number of aryl methyl sites for hydroxylation is 1. The summed E-state index contributed by atoms with van der Waals surface area (Å²) in [5.74, 6) is -0.0524. The van der Waals surface area contributed by atoms with E-state index in [1.54, 1.807) is 12.4 Å². The summed E-state index contributed by atoms with van der Waals surface area (Å²) in [5.41, 5.74) is 1.12. The van der Waals surface area contributed by atoms with Crippen molar-refractivity contribution in [2.45, 2.75) is 32.6 Å². The Kier molecular flexibility index (Phi) is 4.86. The van der Waals surface area contributed by atoms with E-state index in [2.05, 4.69) is 19.6 Å². The fourth-order valence-electron chi connectivity index (χ4n) is 4.02. The van der Waals surface area contributed by atoms with E-state index < -0.39 is 0 Å². The van der Waals surface area contributed by atoms with E-state index in [-0.39, 0.29) is 17.2 Å². The van der Waals surface area contributed by atoms with Gasteiger partial charge in [0.2, 0.25) is 0 Å². The zero-order chi connectivity index (χ0) is 18.9. The molecule has 0 aliphatic carbocycles. The van der Waals surface area contributed by atoms with Crippen LogP contribution in [-0.4, -0.2) is 67.3 Å². The Morgan fingerprint density at radius 1 is 1.00 bits per heavy atom. The molecule has 2 aliphatic rings. The Labute approximate surface area is 161 Å². The summed E-state index contributed by atoms with van der Waals surface area (Å²) >= 11 is 1.26. The first-order valence-corrected chi connectivity index (χ1v) is 9.99. The first-order valence-electron chi connectivity index (χ1n) is 9.22. The molecule has 2 amide bonds. The third kappa shape index (κ3) is 3.55. The van der Waals surface area contributed by atoms with Gasteiger partial charge in [0, 0.05) is 38.6 Å². The van der Waals surface area contributed by atoms with Crippen LogP contribution in [0.1, 0.15) is 51.5 Å². The summed E-state index contributed by atoms with van der Waals surface area (Å²) in [6, 6.07) is 0. The van der Waals surface area contributed by atoms with Crippen LogP contribution in [0.4, 0.5) is 0 Å². The van der Waals surface area contributed by atoms with Crippen molar-refractivity contribution in [1.82, 2.24) is 29.4 Å². The highest BCUT2D eigenvalue weighted by Crippen LogP contribution is 2.41. The van der Waals surface area contributed by atoms with Gasteiger partial charge >= 0.3 is 0 Å². The van der Waals surface area contributed by atoms with Crippen LogP contribution < -0.4 is 0 Å². The van der Waals surface area contributed by atoms with Gasteiger partial charge in [0.25, 0.3) is 11.8 Å². The summed E-state index contributed by atoms with van der Waals surface area (Å²) in [7, 11) is 0. The molecular weight excluding hydrogens is 364 g/mol. The second kappa shape index (κ2) is 7.30. The lowest BCUT2D eigenvalue weighted by Gasteiger charge is -2.46. The molecule has 0 saturated carbocycles. The Morgan fingerprint density at radius 2 is 1.63 bits per heavy atom. The van der Waals surface area contributed by atoms with Gasteiger partial charge in [0.05, 0.1) is 11.1 Å². The number of piperidine rings is 2. The minimum absolute atomic E-state index is 0.00799. The summed E-state index contributed by atoms with van der Waals surface area (Å²) in [5, 5.41) is 3.98. The van der Waals surface area contributed by atoms with Crippen molar-refractivity contribution in [2.24, 2.45) is 5.41 Å². The van der Waals surface area contributed by atoms with Gasteiger partial charge in [-0.2, -0.15) is 0 Å². The van der Waals surface area contributed by atoms with Crippen molar-refractivity contribution in [2.75, 3.05) is 26.2 Å². The topological polar surface area (TPSA) is 92.2 Å².